The zero-order valence-electron chi connectivity index (χ0n) is 19.4. The number of fused-ring (bicyclic) bond motifs is 1. The highest BCUT2D eigenvalue weighted by Crippen LogP contribution is 2.32. The fraction of sp³-hybridized carbons (Fsp3) is 0.222. The lowest BCUT2D eigenvalue weighted by Crippen LogP contribution is -2.26. The van der Waals surface area contributed by atoms with Crippen molar-refractivity contribution in [3.63, 3.8) is 0 Å². The van der Waals surface area contributed by atoms with Crippen molar-refractivity contribution in [2.24, 2.45) is 0 Å². The first-order valence-electron chi connectivity index (χ1n) is 11.0. The molecule has 0 aliphatic heterocycles. The van der Waals surface area contributed by atoms with Gasteiger partial charge >= 0.3 is 12.1 Å². The first kappa shape index (κ1) is 23.0. The van der Waals surface area contributed by atoms with Gasteiger partial charge in [-0.3, -0.25) is 4.79 Å². The van der Waals surface area contributed by atoms with E-state index in [0.29, 0.717) is 22.3 Å². The molecule has 2 N–H and O–H groups in total. The predicted molar refractivity (Wildman–Crippen MR) is 131 cm³/mol. The summed E-state index contributed by atoms with van der Waals surface area (Å²) in [5, 5.41) is 0.713. The van der Waals surface area contributed by atoms with Crippen LogP contribution >= 0.6 is 0 Å². The molecule has 4 aromatic rings. The summed E-state index contributed by atoms with van der Waals surface area (Å²) in [4.78, 5) is 29.8. The van der Waals surface area contributed by atoms with Gasteiger partial charge in [-0.15, -0.1) is 0 Å². The maximum atomic E-state index is 12.9. The second-order valence-corrected chi connectivity index (χ2v) is 9.06. The Morgan fingerprint density at radius 1 is 1.00 bits per heavy atom. The highest BCUT2D eigenvalue weighted by molar-refractivity contribution is 5.99. The number of carbonyl (C=O) groups excluding carboxylic acids is 2. The molecule has 7 heteroatoms. The summed E-state index contributed by atoms with van der Waals surface area (Å²) in [7, 11) is 0. The van der Waals surface area contributed by atoms with E-state index in [1.165, 1.54) is 4.57 Å². The average molecular weight is 458 g/mol. The van der Waals surface area contributed by atoms with Gasteiger partial charge in [-0.05, 0) is 55.7 Å². The molecule has 0 aliphatic carbocycles. The van der Waals surface area contributed by atoms with Crippen molar-refractivity contribution in [1.29, 1.82) is 0 Å². The number of ether oxygens (including phenoxy) is 2. The molecule has 2 heterocycles. The number of hydrogen-bond acceptors (Lipinski definition) is 6. The van der Waals surface area contributed by atoms with Crippen molar-refractivity contribution in [3.05, 3.63) is 84.2 Å². The Labute approximate surface area is 198 Å². The Bertz CT molecular complexity index is 1340. The summed E-state index contributed by atoms with van der Waals surface area (Å²) >= 11 is 0. The predicted octanol–water partition coefficient (Wildman–Crippen LogP) is 5.35. The third-order valence-electron chi connectivity index (χ3n) is 5.08. The van der Waals surface area contributed by atoms with E-state index in [2.05, 4.69) is 4.98 Å². The van der Waals surface area contributed by atoms with Crippen LogP contribution in [0, 0.1) is 0 Å². The zero-order valence-corrected chi connectivity index (χ0v) is 19.4. The fourth-order valence-electron chi connectivity index (χ4n) is 3.59. The standard InChI is InChI=1S/C27H27N3O4/c1-27(2,3)34-26(32)30-16-23(20-10-7-11-21(28)14-20)22-12-19(15-29-25(22)30)13-24(31)33-17-18-8-5-4-6-9-18/h4-12,14-16H,13,17,28H2,1-3H3. The van der Waals surface area contributed by atoms with Crippen LogP contribution in [0.1, 0.15) is 31.9 Å². The van der Waals surface area contributed by atoms with Crippen molar-refractivity contribution in [2.75, 3.05) is 5.73 Å². The summed E-state index contributed by atoms with van der Waals surface area (Å²) in [5.74, 6) is -0.359. The second kappa shape index (κ2) is 9.39. The molecule has 0 spiro atoms. The van der Waals surface area contributed by atoms with Crippen LogP contribution < -0.4 is 5.73 Å². The number of pyridine rings is 1. The van der Waals surface area contributed by atoms with Crippen LogP contribution in [0.3, 0.4) is 0 Å². The van der Waals surface area contributed by atoms with E-state index in [0.717, 1.165) is 16.7 Å². The minimum absolute atomic E-state index is 0.0593. The summed E-state index contributed by atoms with van der Waals surface area (Å²) in [5.41, 5.74) is 9.56. The molecule has 0 saturated carbocycles. The van der Waals surface area contributed by atoms with Gasteiger partial charge in [-0.2, -0.15) is 0 Å². The first-order valence-corrected chi connectivity index (χ1v) is 11.0. The van der Waals surface area contributed by atoms with E-state index in [1.54, 1.807) is 18.5 Å². The van der Waals surface area contributed by atoms with E-state index >= 15 is 0 Å². The molecular formula is C27H27N3O4. The Kier molecular flexibility index (Phi) is 6.36. The topological polar surface area (TPSA) is 96.4 Å². The van der Waals surface area contributed by atoms with E-state index < -0.39 is 11.7 Å². The Balaban J connectivity index is 1.66. The van der Waals surface area contributed by atoms with Crippen molar-refractivity contribution in [3.8, 4) is 11.1 Å². The molecule has 0 atom stereocenters. The van der Waals surface area contributed by atoms with Gasteiger partial charge in [-0.1, -0.05) is 42.5 Å². The van der Waals surface area contributed by atoms with Crippen molar-refractivity contribution >= 4 is 28.8 Å². The van der Waals surface area contributed by atoms with Crippen LogP contribution in [0.2, 0.25) is 0 Å². The number of carbonyl (C=O) groups is 2. The van der Waals surface area contributed by atoms with Crippen LogP contribution in [0.5, 0.6) is 0 Å². The number of nitrogens with zero attached hydrogens (tertiary/aromatic N) is 2. The second-order valence-electron chi connectivity index (χ2n) is 9.06. The molecular weight excluding hydrogens is 430 g/mol. The van der Waals surface area contributed by atoms with Gasteiger partial charge in [0.1, 0.15) is 17.9 Å². The van der Waals surface area contributed by atoms with Gasteiger partial charge in [0.05, 0.1) is 6.42 Å². The van der Waals surface area contributed by atoms with Gasteiger partial charge in [0.25, 0.3) is 0 Å². The van der Waals surface area contributed by atoms with E-state index in [9.17, 15) is 9.59 Å². The number of aromatic nitrogens is 2. The van der Waals surface area contributed by atoms with Crippen molar-refractivity contribution in [2.45, 2.75) is 39.4 Å². The number of anilines is 1. The SMILES string of the molecule is CC(C)(C)OC(=O)n1cc(-c2cccc(N)c2)c2cc(CC(=O)OCc3ccccc3)cnc21. The van der Waals surface area contributed by atoms with Crippen LogP contribution in [0.15, 0.2) is 73.1 Å². The molecule has 0 fully saturated rings. The minimum Gasteiger partial charge on any atom is -0.461 e. The Hall–Kier alpha value is -4.13. The summed E-state index contributed by atoms with van der Waals surface area (Å²) in [6.07, 6.45) is 2.80. The van der Waals surface area contributed by atoms with Gasteiger partial charge in [0.15, 0.2) is 0 Å². The van der Waals surface area contributed by atoms with Gasteiger partial charge < -0.3 is 15.2 Å². The van der Waals surface area contributed by atoms with Gasteiger partial charge in [0.2, 0.25) is 0 Å². The molecule has 34 heavy (non-hydrogen) atoms. The average Bonchev–Trinajstić information content (AvgIpc) is 3.16. The molecule has 0 unspecified atom stereocenters. The van der Waals surface area contributed by atoms with Crippen LogP contribution in [-0.2, 0) is 27.3 Å². The zero-order chi connectivity index (χ0) is 24.3. The maximum absolute atomic E-state index is 12.9. The lowest BCUT2D eigenvalue weighted by atomic mass is 10.0. The van der Waals surface area contributed by atoms with Crippen LogP contribution in [-0.4, -0.2) is 27.2 Å². The number of rotatable bonds is 5. The maximum Gasteiger partial charge on any atom is 0.420 e. The van der Waals surface area contributed by atoms with E-state index in [4.69, 9.17) is 15.2 Å². The number of nitrogen functional groups attached to an aromatic ring is 1. The molecule has 0 bridgehead atoms. The Morgan fingerprint density at radius 2 is 1.76 bits per heavy atom. The molecule has 2 aromatic carbocycles. The Morgan fingerprint density at radius 3 is 2.47 bits per heavy atom. The fourth-order valence-corrected chi connectivity index (χ4v) is 3.59. The van der Waals surface area contributed by atoms with Crippen molar-refractivity contribution in [1.82, 2.24) is 9.55 Å². The largest absolute Gasteiger partial charge is 0.461 e. The molecule has 7 nitrogen and oxygen atoms in total. The lowest BCUT2D eigenvalue weighted by molar-refractivity contribution is -0.144. The minimum atomic E-state index is -0.659. The number of nitrogens with two attached hydrogens (primary N) is 1. The third-order valence-corrected chi connectivity index (χ3v) is 5.08. The highest BCUT2D eigenvalue weighted by atomic mass is 16.6. The van der Waals surface area contributed by atoms with E-state index in [-0.39, 0.29) is 19.0 Å². The summed E-state index contributed by atoms with van der Waals surface area (Å²) < 4.78 is 12.4. The third kappa shape index (κ3) is 5.43. The van der Waals surface area contributed by atoms with Crippen molar-refractivity contribution < 1.29 is 19.1 Å². The molecule has 0 saturated heterocycles. The van der Waals surface area contributed by atoms with Gasteiger partial charge in [-0.25, -0.2) is 14.3 Å². The molecule has 174 valence electrons. The molecule has 0 amide bonds. The monoisotopic (exact) mass is 457 g/mol. The summed E-state index contributed by atoms with van der Waals surface area (Å²) in [6, 6.07) is 18.7. The normalized spacial score (nSPS) is 11.4. The first-order chi connectivity index (χ1) is 16.2. The van der Waals surface area contributed by atoms with E-state index in [1.807, 2.05) is 75.4 Å². The lowest BCUT2D eigenvalue weighted by Gasteiger charge is -2.19. The number of esters is 1. The number of benzene rings is 2. The van der Waals surface area contributed by atoms with Crippen LogP contribution in [0.25, 0.3) is 22.2 Å². The van der Waals surface area contributed by atoms with Gasteiger partial charge in [0, 0.05) is 29.0 Å². The molecule has 2 aromatic heterocycles. The summed E-state index contributed by atoms with van der Waals surface area (Å²) in [6.45, 7) is 5.63. The molecule has 0 radical (unpaired) electrons. The quantitative estimate of drug-likeness (QED) is 0.320. The van der Waals surface area contributed by atoms with Crippen LogP contribution in [0.4, 0.5) is 10.5 Å². The smallest absolute Gasteiger partial charge is 0.420 e. The molecule has 4 rings (SSSR count). The highest BCUT2D eigenvalue weighted by Gasteiger charge is 2.22. The molecule has 0 aliphatic rings. The number of hydrogen-bond donors (Lipinski definition) is 1.